The number of alkyl halides is 3. The van der Waals surface area contributed by atoms with Crippen molar-refractivity contribution in [2.24, 2.45) is 16.7 Å². The van der Waals surface area contributed by atoms with Gasteiger partial charge in [-0.15, -0.1) is 0 Å². The van der Waals surface area contributed by atoms with Gasteiger partial charge in [0.05, 0.1) is 10.6 Å². The molecule has 0 aromatic heterocycles. The monoisotopic (exact) mass is 532 g/mol. The lowest BCUT2D eigenvalue weighted by molar-refractivity contribution is -0.173. The summed E-state index contributed by atoms with van der Waals surface area (Å²) >= 11 is 6.36. The number of carbonyl (C=O) groups is 2. The molecule has 1 aliphatic heterocycles. The highest BCUT2D eigenvalue weighted by atomic mass is 35.5. The highest BCUT2D eigenvalue weighted by Crippen LogP contribution is 2.85. The van der Waals surface area contributed by atoms with Gasteiger partial charge in [0.1, 0.15) is 0 Å². The molecule has 2 amide bonds. The van der Waals surface area contributed by atoms with Crippen molar-refractivity contribution in [3.8, 4) is 0 Å². The molecular weight excluding hydrogens is 501 g/mol. The van der Waals surface area contributed by atoms with Crippen LogP contribution in [-0.2, 0) is 11.2 Å². The smallest absolute Gasteiger partial charge is 0.345 e. The largest absolute Gasteiger partial charge is 0.404 e. The molecule has 1 unspecified atom stereocenters. The summed E-state index contributed by atoms with van der Waals surface area (Å²) in [5, 5.41) is 0.467. The molecule has 0 N–H and O–H groups in total. The molecule has 1 saturated heterocycles. The fourth-order valence-electron chi connectivity index (χ4n) is 6.78. The summed E-state index contributed by atoms with van der Waals surface area (Å²) in [4.78, 5) is 28.1. The number of amides is 2. The van der Waals surface area contributed by atoms with E-state index < -0.39 is 18.0 Å². The summed E-state index contributed by atoms with van der Waals surface area (Å²) in [6.07, 6.45) is 1.13. The van der Waals surface area contributed by atoms with E-state index in [9.17, 15) is 22.8 Å². The third-order valence-corrected chi connectivity index (χ3v) is 9.32. The van der Waals surface area contributed by atoms with E-state index in [0.29, 0.717) is 35.0 Å². The van der Waals surface area contributed by atoms with Gasteiger partial charge in [-0.25, -0.2) is 0 Å². The van der Waals surface area contributed by atoms with Crippen LogP contribution in [0.4, 0.5) is 13.2 Å². The van der Waals surface area contributed by atoms with Gasteiger partial charge < -0.3 is 9.80 Å². The zero-order valence-corrected chi connectivity index (χ0v) is 21.9. The van der Waals surface area contributed by atoms with E-state index in [1.807, 2.05) is 12.1 Å². The van der Waals surface area contributed by atoms with Crippen LogP contribution in [0.15, 0.2) is 48.5 Å². The van der Waals surface area contributed by atoms with E-state index in [1.165, 1.54) is 21.9 Å². The van der Waals surface area contributed by atoms with E-state index in [1.54, 1.807) is 38.4 Å². The Morgan fingerprint density at radius 3 is 2.38 bits per heavy atom. The van der Waals surface area contributed by atoms with Gasteiger partial charge >= 0.3 is 6.18 Å². The van der Waals surface area contributed by atoms with E-state index >= 15 is 0 Å². The molecule has 3 fully saturated rings. The van der Waals surface area contributed by atoms with E-state index in [4.69, 9.17) is 11.6 Å². The normalized spacial score (nSPS) is 24.7. The Hall–Kier alpha value is -2.54. The number of aryl methyl sites for hydroxylation is 1. The average molecular weight is 533 g/mol. The molecule has 198 valence electrons. The van der Waals surface area contributed by atoms with Crippen molar-refractivity contribution >= 4 is 23.4 Å². The summed E-state index contributed by atoms with van der Waals surface area (Å²) in [5.74, 6) is -2.45. The number of piperidine rings is 1. The van der Waals surface area contributed by atoms with Crippen LogP contribution in [-0.4, -0.2) is 55.0 Å². The third kappa shape index (κ3) is 4.75. The molecule has 3 atom stereocenters. The predicted molar refractivity (Wildman–Crippen MR) is 136 cm³/mol. The highest BCUT2D eigenvalue weighted by Gasteiger charge is 2.78. The lowest BCUT2D eigenvalue weighted by atomic mass is 9.87. The summed E-state index contributed by atoms with van der Waals surface area (Å²) in [6.45, 7) is 0.785. The third-order valence-electron chi connectivity index (χ3n) is 9.01. The first-order chi connectivity index (χ1) is 17.5. The van der Waals surface area contributed by atoms with Gasteiger partial charge in [0, 0.05) is 27.2 Å². The average Bonchev–Trinajstić information content (AvgIpc) is 3.72. The van der Waals surface area contributed by atoms with Crippen molar-refractivity contribution in [1.82, 2.24) is 9.80 Å². The predicted octanol–water partition coefficient (Wildman–Crippen LogP) is 6.34. The van der Waals surface area contributed by atoms with E-state index in [2.05, 4.69) is 0 Å². The van der Waals surface area contributed by atoms with Gasteiger partial charge in [-0.05, 0) is 78.5 Å². The molecule has 8 heteroatoms. The first-order valence-corrected chi connectivity index (χ1v) is 13.3. The molecule has 1 heterocycles. The maximum absolute atomic E-state index is 13.8. The van der Waals surface area contributed by atoms with E-state index in [0.717, 1.165) is 44.1 Å². The minimum atomic E-state index is -4.61. The molecule has 37 heavy (non-hydrogen) atoms. The fraction of sp³-hybridized carbons (Fsp3) is 0.517. The summed E-state index contributed by atoms with van der Waals surface area (Å²) < 4.78 is 41.5. The molecule has 0 bridgehead atoms. The number of carbonyl (C=O) groups excluding carboxylic acids is 2. The number of nitrogens with zero attached hydrogens (tertiary/aromatic N) is 2. The van der Waals surface area contributed by atoms with Crippen molar-refractivity contribution < 1.29 is 22.8 Å². The standard InChI is InChI=1S/C29H32ClF3N2O2/c1-34(2)25(36)22-11-9-19(16-23(22)30)8-10-21-17-28(21)18-27(28)12-14-35(15-13-27)26(37)24(29(31,32)33)20-6-4-3-5-7-20/h3-7,9,11,16,21,24H,8,10,12-15,17-18H2,1-2H3/t21-,24+,28?/m1/s1. The zero-order chi connectivity index (χ0) is 26.6. The Bertz CT molecular complexity index is 1190. The van der Waals surface area contributed by atoms with Gasteiger partial charge in [-0.2, -0.15) is 13.2 Å². The van der Waals surface area contributed by atoms with Crippen LogP contribution >= 0.6 is 11.6 Å². The van der Waals surface area contributed by atoms with Crippen molar-refractivity contribution in [3.63, 3.8) is 0 Å². The molecule has 2 aromatic carbocycles. The van der Waals surface area contributed by atoms with Crippen LogP contribution in [0.5, 0.6) is 0 Å². The van der Waals surface area contributed by atoms with Gasteiger partial charge in [-0.1, -0.05) is 48.0 Å². The zero-order valence-electron chi connectivity index (χ0n) is 21.2. The summed E-state index contributed by atoms with van der Waals surface area (Å²) in [7, 11) is 3.39. The second kappa shape index (κ2) is 9.33. The quantitative estimate of drug-likeness (QED) is 0.435. The lowest BCUT2D eigenvalue weighted by Gasteiger charge is -2.36. The molecule has 3 aliphatic rings. The van der Waals surface area contributed by atoms with Crippen LogP contribution < -0.4 is 0 Å². The number of likely N-dealkylation sites (tertiary alicyclic amines) is 1. The summed E-state index contributed by atoms with van der Waals surface area (Å²) in [6, 6.07) is 13.1. The van der Waals surface area contributed by atoms with E-state index in [-0.39, 0.29) is 16.9 Å². The molecule has 0 radical (unpaired) electrons. The molecule has 2 aromatic rings. The topological polar surface area (TPSA) is 40.6 Å². The first kappa shape index (κ1) is 26.1. The lowest BCUT2D eigenvalue weighted by Crippen LogP contribution is -2.45. The number of hydrogen-bond donors (Lipinski definition) is 0. The van der Waals surface area contributed by atoms with Crippen LogP contribution in [0.25, 0.3) is 0 Å². The van der Waals surface area contributed by atoms with Crippen molar-refractivity contribution in [3.05, 3.63) is 70.2 Å². The van der Waals surface area contributed by atoms with Crippen molar-refractivity contribution in [2.45, 2.75) is 50.6 Å². The number of hydrogen-bond acceptors (Lipinski definition) is 2. The van der Waals surface area contributed by atoms with Crippen molar-refractivity contribution in [2.75, 3.05) is 27.2 Å². The minimum Gasteiger partial charge on any atom is -0.345 e. The second-order valence-electron chi connectivity index (χ2n) is 11.3. The van der Waals surface area contributed by atoms with Gasteiger partial charge in [0.2, 0.25) is 5.91 Å². The maximum atomic E-state index is 13.8. The molecule has 2 saturated carbocycles. The molecular formula is C29H32ClF3N2O2. The Labute approximate surface area is 220 Å². The van der Waals surface area contributed by atoms with Crippen LogP contribution in [0, 0.1) is 16.7 Å². The minimum absolute atomic E-state index is 0.00431. The Kier molecular flexibility index (Phi) is 6.58. The number of fused-ring (bicyclic) bond motifs is 1. The fourth-order valence-corrected chi connectivity index (χ4v) is 7.07. The van der Waals surface area contributed by atoms with Crippen molar-refractivity contribution in [1.29, 1.82) is 0 Å². The second-order valence-corrected chi connectivity index (χ2v) is 11.7. The Morgan fingerprint density at radius 2 is 1.78 bits per heavy atom. The van der Waals surface area contributed by atoms with Gasteiger partial charge in [0.15, 0.2) is 5.92 Å². The molecule has 5 rings (SSSR count). The SMILES string of the molecule is CN(C)C(=O)c1ccc(CC[C@@H]2CC23CC32CCN(C(=O)[C@H](c3ccccc3)C(F)(F)F)CC2)cc1Cl. The van der Waals surface area contributed by atoms with Crippen LogP contribution in [0.2, 0.25) is 5.02 Å². The molecule has 2 aliphatic carbocycles. The summed E-state index contributed by atoms with van der Waals surface area (Å²) in [5.41, 5.74) is 2.09. The van der Waals surface area contributed by atoms with Gasteiger partial charge in [0.25, 0.3) is 5.91 Å². The van der Waals surface area contributed by atoms with Crippen LogP contribution in [0.1, 0.15) is 59.5 Å². The number of halogens is 4. The van der Waals surface area contributed by atoms with Gasteiger partial charge in [-0.3, -0.25) is 9.59 Å². The van der Waals surface area contributed by atoms with Crippen LogP contribution in [0.3, 0.4) is 0 Å². The maximum Gasteiger partial charge on any atom is 0.404 e. The number of benzene rings is 2. The molecule has 4 nitrogen and oxygen atoms in total. The Balaban J connectivity index is 1.16. The number of rotatable bonds is 6. The Morgan fingerprint density at radius 1 is 1.11 bits per heavy atom. The first-order valence-electron chi connectivity index (χ1n) is 12.9. The highest BCUT2D eigenvalue weighted by molar-refractivity contribution is 6.33. The molecule has 2 spiro atoms.